The molecule has 0 fully saturated rings. The molecule has 0 radical (unpaired) electrons. The van der Waals surface area contributed by atoms with E-state index in [0.717, 1.165) is 42.6 Å². The molecule has 130 valence electrons. The van der Waals surface area contributed by atoms with Crippen molar-refractivity contribution in [3.05, 3.63) is 45.9 Å². The zero-order chi connectivity index (χ0) is 17.2. The number of ether oxygens (including phenoxy) is 1. The summed E-state index contributed by atoms with van der Waals surface area (Å²) in [7, 11) is 1.69. The van der Waals surface area contributed by atoms with Crippen LogP contribution in [0.1, 0.15) is 28.8 Å². The number of nitrogens with zero attached hydrogens (tertiary/aromatic N) is 2. The molecule has 1 aromatic heterocycles. The molecule has 0 saturated carbocycles. The number of benzene rings is 1. The van der Waals surface area contributed by atoms with Gasteiger partial charge in [0.25, 0.3) is 0 Å². The summed E-state index contributed by atoms with van der Waals surface area (Å²) in [5, 5.41) is 7.70. The average Bonchev–Trinajstić information content (AvgIpc) is 3.02. The standard InChI is InChI=1S/C18H26N4OS/c1-4-19-18(22-13-17-21-12-14(2)24-17)20-11-5-6-15-7-9-16(23-3)10-8-15/h7-10,12H,4-6,11,13H2,1-3H3,(H2,19,20,22). The van der Waals surface area contributed by atoms with Crippen molar-refractivity contribution in [1.29, 1.82) is 0 Å². The van der Waals surface area contributed by atoms with Crippen LogP contribution in [0.2, 0.25) is 0 Å². The number of aliphatic imine (C=N–C) groups is 1. The SMILES string of the molecule is CCNC(=NCc1ncc(C)s1)NCCCc1ccc(OC)cc1. The fraction of sp³-hybridized carbons (Fsp3) is 0.444. The maximum absolute atomic E-state index is 5.18. The first-order valence-electron chi connectivity index (χ1n) is 8.27. The van der Waals surface area contributed by atoms with Crippen LogP contribution in [0.15, 0.2) is 35.5 Å². The van der Waals surface area contributed by atoms with Gasteiger partial charge < -0.3 is 15.4 Å². The lowest BCUT2D eigenvalue weighted by molar-refractivity contribution is 0.414. The van der Waals surface area contributed by atoms with Gasteiger partial charge in [0.05, 0.1) is 13.7 Å². The van der Waals surface area contributed by atoms with E-state index >= 15 is 0 Å². The van der Waals surface area contributed by atoms with E-state index in [0.29, 0.717) is 6.54 Å². The molecule has 24 heavy (non-hydrogen) atoms. The summed E-state index contributed by atoms with van der Waals surface area (Å²) in [6, 6.07) is 8.24. The Morgan fingerprint density at radius 2 is 2.04 bits per heavy atom. The Labute approximate surface area is 148 Å². The van der Waals surface area contributed by atoms with Gasteiger partial charge in [-0.15, -0.1) is 11.3 Å². The highest BCUT2D eigenvalue weighted by Gasteiger charge is 2.01. The minimum Gasteiger partial charge on any atom is -0.497 e. The molecule has 1 heterocycles. The van der Waals surface area contributed by atoms with Gasteiger partial charge in [-0.05, 0) is 44.4 Å². The van der Waals surface area contributed by atoms with Gasteiger partial charge in [-0.1, -0.05) is 12.1 Å². The third kappa shape index (κ3) is 6.20. The van der Waals surface area contributed by atoms with E-state index in [9.17, 15) is 0 Å². The van der Waals surface area contributed by atoms with Crippen LogP contribution in [-0.4, -0.2) is 31.1 Å². The highest BCUT2D eigenvalue weighted by molar-refractivity contribution is 7.11. The molecule has 0 spiro atoms. The van der Waals surface area contributed by atoms with Gasteiger partial charge in [-0.25, -0.2) is 9.98 Å². The third-order valence-corrected chi connectivity index (χ3v) is 4.38. The van der Waals surface area contributed by atoms with Crippen molar-refractivity contribution in [2.45, 2.75) is 33.2 Å². The first kappa shape index (κ1) is 18.3. The molecular weight excluding hydrogens is 320 g/mol. The Hall–Kier alpha value is -2.08. The zero-order valence-electron chi connectivity index (χ0n) is 14.6. The van der Waals surface area contributed by atoms with Gasteiger partial charge in [0.15, 0.2) is 5.96 Å². The Bertz CT molecular complexity index is 637. The molecule has 1 aromatic carbocycles. The van der Waals surface area contributed by atoms with Crippen LogP contribution in [-0.2, 0) is 13.0 Å². The fourth-order valence-corrected chi connectivity index (χ4v) is 2.97. The number of hydrogen-bond donors (Lipinski definition) is 2. The quantitative estimate of drug-likeness (QED) is 0.438. The van der Waals surface area contributed by atoms with Gasteiger partial charge in [-0.2, -0.15) is 0 Å². The van der Waals surface area contributed by atoms with Crippen LogP contribution in [0.3, 0.4) is 0 Å². The second-order valence-corrected chi connectivity index (χ2v) is 6.76. The summed E-state index contributed by atoms with van der Waals surface area (Å²) in [5.41, 5.74) is 1.32. The largest absolute Gasteiger partial charge is 0.497 e. The van der Waals surface area contributed by atoms with Gasteiger partial charge in [0.2, 0.25) is 0 Å². The van der Waals surface area contributed by atoms with Crippen LogP contribution in [0.5, 0.6) is 5.75 Å². The zero-order valence-corrected chi connectivity index (χ0v) is 15.4. The molecule has 6 heteroatoms. The Balaban J connectivity index is 1.75. The highest BCUT2D eigenvalue weighted by Crippen LogP contribution is 2.13. The van der Waals surface area contributed by atoms with Crippen molar-refractivity contribution >= 4 is 17.3 Å². The molecular formula is C18H26N4OS. The third-order valence-electron chi connectivity index (χ3n) is 3.48. The molecule has 0 bridgehead atoms. The van der Waals surface area contributed by atoms with Crippen LogP contribution >= 0.6 is 11.3 Å². The molecule has 0 aliphatic rings. The lowest BCUT2D eigenvalue weighted by Crippen LogP contribution is -2.37. The number of methoxy groups -OCH3 is 1. The van der Waals surface area contributed by atoms with E-state index < -0.39 is 0 Å². The molecule has 2 aromatic rings. The summed E-state index contributed by atoms with van der Waals surface area (Å²) < 4.78 is 5.18. The number of rotatable bonds is 8. The Morgan fingerprint density at radius 3 is 2.67 bits per heavy atom. The molecule has 0 aliphatic carbocycles. The first-order valence-corrected chi connectivity index (χ1v) is 9.09. The summed E-state index contributed by atoms with van der Waals surface area (Å²) in [6.07, 6.45) is 3.97. The predicted octanol–water partition coefficient (Wildman–Crippen LogP) is 3.15. The number of aromatic nitrogens is 1. The molecule has 0 aliphatic heterocycles. The molecule has 2 rings (SSSR count). The summed E-state index contributed by atoms with van der Waals surface area (Å²) in [6.45, 7) is 6.48. The lowest BCUT2D eigenvalue weighted by atomic mass is 10.1. The van der Waals surface area contributed by atoms with E-state index in [2.05, 4.69) is 46.6 Å². The molecule has 0 unspecified atom stereocenters. The van der Waals surface area contributed by atoms with E-state index in [4.69, 9.17) is 4.74 Å². The number of hydrogen-bond acceptors (Lipinski definition) is 4. The Kier molecular flexibility index (Phi) is 7.55. The normalized spacial score (nSPS) is 11.4. The van der Waals surface area contributed by atoms with Crippen LogP contribution in [0.25, 0.3) is 0 Å². The minimum atomic E-state index is 0.617. The molecule has 2 N–H and O–H groups in total. The van der Waals surface area contributed by atoms with Crippen molar-refractivity contribution in [2.75, 3.05) is 20.2 Å². The Morgan fingerprint density at radius 1 is 1.25 bits per heavy atom. The smallest absolute Gasteiger partial charge is 0.191 e. The van der Waals surface area contributed by atoms with E-state index in [-0.39, 0.29) is 0 Å². The minimum absolute atomic E-state index is 0.617. The number of guanidine groups is 1. The van der Waals surface area contributed by atoms with Gasteiger partial charge in [0.1, 0.15) is 10.8 Å². The van der Waals surface area contributed by atoms with Crippen molar-refractivity contribution in [2.24, 2.45) is 4.99 Å². The van der Waals surface area contributed by atoms with Crippen molar-refractivity contribution < 1.29 is 4.74 Å². The first-order chi connectivity index (χ1) is 11.7. The van der Waals surface area contributed by atoms with Crippen LogP contribution in [0, 0.1) is 6.92 Å². The molecule has 0 saturated heterocycles. The van der Waals surface area contributed by atoms with Gasteiger partial charge in [-0.3, -0.25) is 0 Å². The topological polar surface area (TPSA) is 58.5 Å². The van der Waals surface area contributed by atoms with Crippen LogP contribution < -0.4 is 15.4 Å². The van der Waals surface area contributed by atoms with Crippen molar-refractivity contribution in [3.8, 4) is 5.75 Å². The summed E-state index contributed by atoms with van der Waals surface area (Å²) in [4.78, 5) is 10.2. The lowest BCUT2D eigenvalue weighted by Gasteiger charge is -2.11. The van der Waals surface area contributed by atoms with E-state index in [1.54, 1.807) is 18.4 Å². The summed E-state index contributed by atoms with van der Waals surface area (Å²) >= 11 is 1.69. The monoisotopic (exact) mass is 346 g/mol. The maximum atomic E-state index is 5.18. The van der Waals surface area contributed by atoms with Crippen molar-refractivity contribution in [1.82, 2.24) is 15.6 Å². The van der Waals surface area contributed by atoms with Gasteiger partial charge >= 0.3 is 0 Å². The predicted molar refractivity (Wildman–Crippen MR) is 101 cm³/mol. The number of nitrogens with one attached hydrogen (secondary N) is 2. The number of thiazole rings is 1. The second-order valence-electron chi connectivity index (χ2n) is 5.44. The fourth-order valence-electron chi connectivity index (χ4n) is 2.25. The van der Waals surface area contributed by atoms with E-state index in [1.165, 1.54) is 10.4 Å². The second kappa shape index (κ2) is 9.93. The van der Waals surface area contributed by atoms with Crippen molar-refractivity contribution in [3.63, 3.8) is 0 Å². The van der Waals surface area contributed by atoms with E-state index in [1.807, 2.05) is 18.3 Å². The number of aryl methyl sites for hydroxylation is 2. The molecule has 0 amide bonds. The molecule has 0 atom stereocenters. The molecule has 5 nitrogen and oxygen atoms in total. The van der Waals surface area contributed by atoms with Gasteiger partial charge in [0, 0.05) is 24.2 Å². The van der Waals surface area contributed by atoms with Crippen LogP contribution in [0.4, 0.5) is 0 Å². The maximum Gasteiger partial charge on any atom is 0.191 e. The average molecular weight is 347 g/mol. The highest BCUT2D eigenvalue weighted by atomic mass is 32.1. The summed E-state index contributed by atoms with van der Waals surface area (Å²) in [5.74, 6) is 1.75.